The Balaban J connectivity index is 1.83. The largest absolute Gasteiger partial charge is 0.458 e. The lowest BCUT2D eigenvalue weighted by Gasteiger charge is -2.31. The van der Waals surface area contributed by atoms with Gasteiger partial charge in [0.05, 0.1) is 12.6 Å². The van der Waals surface area contributed by atoms with Crippen molar-refractivity contribution < 1.29 is 76.2 Å². The van der Waals surface area contributed by atoms with Crippen molar-refractivity contribution in [3.8, 4) is 0 Å². The molecule has 0 bridgehead atoms. The maximum absolute atomic E-state index is 14.4. The van der Waals surface area contributed by atoms with Crippen LogP contribution in [0.25, 0.3) is 0 Å². The normalized spacial score (nSPS) is 23.7. The van der Waals surface area contributed by atoms with E-state index in [1.807, 2.05) is 37.3 Å². The summed E-state index contributed by atoms with van der Waals surface area (Å²) in [5.41, 5.74) is 4.51. The number of carbonyl (C=O) groups is 12. The van der Waals surface area contributed by atoms with Crippen molar-refractivity contribution in [3.05, 3.63) is 35.9 Å². The van der Waals surface area contributed by atoms with Gasteiger partial charge in [0.25, 0.3) is 0 Å². The number of halogens is 2. The van der Waals surface area contributed by atoms with Crippen LogP contribution in [0.4, 0.5) is 8.78 Å². The van der Waals surface area contributed by atoms with Gasteiger partial charge in [0.1, 0.15) is 66.0 Å². The van der Waals surface area contributed by atoms with Crippen LogP contribution >= 0.6 is 0 Å². The summed E-state index contributed by atoms with van der Waals surface area (Å²) >= 11 is 0. The number of rotatable bonds is 31. The van der Waals surface area contributed by atoms with E-state index in [-0.39, 0.29) is 31.6 Å². The molecule has 1 aliphatic carbocycles. The number of nitrogens with two attached hydrogens (primary N) is 1. The molecule has 1 saturated carbocycles. The van der Waals surface area contributed by atoms with Crippen molar-refractivity contribution in [2.24, 2.45) is 35.3 Å². The molecular formula is C58H92F2N12O14. The van der Waals surface area contributed by atoms with E-state index in [4.69, 9.17) is 10.5 Å². The monoisotopic (exact) mass is 1220 g/mol. The predicted molar refractivity (Wildman–Crippen MR) is 310 cm³/mol. The molecule has 1 saturated heterocycles. The van der Waals surface area contributed by atoms with Crippen molar-refractivity contribution in [2.45, 2.75) is 212 Å². The second kappa shape index (κ2) is 34.1. The molecule has 482 valence electrons. The Morgan fingerprint density at radius 3 is 1.69 bits per heavy atom. The van der Waals surface area contributed by atoms with Gasteiger partial charge in [0, 0.05) is 12.8 Å². The summed E-state index contributed by atoms with van der Waals surface area (Å²) in [6, 6.07) is -4.71. The van der Waals surface area contributed by atoms with Crippen LogP contribution in [0.5, 0.6) is 0 Å². The van der Waals surface area contributed by atoms with Crippen LogP contribution in [0.1, 0.15) is 133 Å². The zero-order valence-corrected chi connectivity index (χ0v) is 51.4. The van der Waals surface area contributed by atoms with Crippen LogP contribution in [0.3, 0.4) is 0 Å². The topological polar surface area (TPSA) is 393 Å². The molecule has 1 aromatic carbocycles. The number of likely N-dealkylation sites (N-methyl/N-ethyl adjacent to an activating group) is 1. The molecular weight excluding hydrogens is 1130 g/mol. The Hall–Kier alpha value is -7.36. The molecule has 28 heteroatoms. The molecule has 26 nitrogen and oxygen atoms in total. The first kappa shape index (κ1) is 72.9. The standard InChI is InChI=1S/C58H92F2N12O14/c1-13-28(5)42(68-50(78)38(62-12)24-35-20-18-17-19-21-35)52(80)63-32(9)47(75)65-37(22-23-41(61)74)49(77)67-44(30(7)15-3)54(82)69-43(29(6)14-2)53(81)66-39(27-73)51(79)70-46-34(11)86-56(84)45(31(8)16-4)71-57(85)58(26-36(58)25-40(59)60)72-48(76)33(10)64-55(46)83/h17-21,28-34,36-40,42-46,62,73H,13-16,22-27H2,1-12H3,(H2,61,74)(H,63,80)(H,64,83)(H,65,75)(H,66,81)(H,67,77)(H,68,78)(H,69,82)(H,70,79)(H,71,85)(H,72,76)/t28-,29-,30-,31-,32-,33-,34-,36+,37+,38+,39-,42-,43-,44+,45-,46+,58+/m0/s1. The quantitative estimate of drug-likeness (QED) is 0.0403. The van der Waals surface area contributed by atoms with Crippen molar-refractivity contribution in [1.29, 1.82) is 0 Å². The van der Waals surface area contributed by atoms with E-state index < -0.39 is 193 Å². The number of aliphatic hydroxyl groups excluding tert-OH is 1. The van der Waals surface area contributed by atoms with Gasteiger partial charge in [-0.25, -0.2) is 13.6 Å². The SMILES string of the molecule is CC[C@H](C)[C@H](NC(=O)[C@@H](Cc1ccccc1)NC)C(=O)N[C@@H](C)C(=O)N[C@H](CCC(N)=O)C(=O)N[C@@H](C(=O)N[C@H](C(=O)N[C@@H](CO)C(=O)N[C@H]1C(=O)N[C@@H](C)C(=O)N[C@@]2(C[C@H]2CC(F)F)C(=O)N[C@@H]([C@@H](C)CC)C(=O)O[C@H]1C)[C@@H](C)CC)[C@@H](C)CC. The summed E-state index contributed by atoms with van der Waals surface area (Å²) in [5.74, 6) is -14.2. The van der Waals surface area contributed by atoms with E-state index in [9.17, 15) is 71.4 Å². The van der Waals surface area contributed by atoms with Crippen LogP contribution in [0.2, 0.25) is 0 Å². The third-order valence-electron chi connectivity index (χ3n) is 16.4. The van der Waals surface area contributed by atoms with E-state index in [0.29, 0.717) is 19.3 Å². The minimum absolute atomic E-state index is 0.178. The number of carbonyl (C=O) groups excluding carboxylic acids is 12. The van der Waals surface area contributed by atoms with Crippen LogP contribution in [0.15, 0.2) is 30.3 Å². The Morgan fingerprint density at radius 2 is 1.19 bits per heavy atom. The summed E-state index contributed by atoms with van der Waals surface area (Å²) < 4.78 is 32.7. The maximum atomic E-state index is 14.4. The molecule has 3 rings (SSSR count). The molecule has 17 atom stereocenters. The van der Waals surface area contributed by atoms with Gasteiger partial charge in [-0.2, -0.15) is 0 Å². The van der Waals surface area contributed by atoms with Crippen molar-refractivity contribution in [3.63, 3.8) is 0 Å². The summed E-state index contributed by atoms with van der Waals surface area (Å²) in [7, 11) is 1.62. The number of cyclic esters (lactones) is 1. The van der Waals surface area contributed by atoms with Crippen LogP contribution in [-0.2, 0) is 68.7 Å². The summed E-state index contributed by atoms with van der Waals surface area (Å²) in [4.78, 5) is 165. The molecule has 2 aliphatic rings. The Kier molecular flexibility index (Phi) is 28.9. The molecule has 1 aliphatic heterocycles. The highest BCUT2D eigenvalue weighted by molar-refractivity contribution is 6.01. The van der Waals surface area contributed by atoms with Gasteiger partial charge in [-0.05, 0) is 82.2 Å². The summed E-state index contributed by atoms with van der Waals surface area (Å²) in [6.07, 6.45) is -4.39. The molecule has 86 heavy (non-hydrogen) atoms. The zero-order valence-electron chi connectivity index (χ0n) is 51.4. The number of hydrogen-bond acceptors (Lipinski definition) is 15. The molecule has 2 fully saturated rings. The average molecular weight is 1220 g/mol. The minimum atomic E-state index is -2.83. The van der Waals surface area contributed by atoms with Gasteiger partial charge in [-0.1, -0.05) is 111 Å². The lowest BCUT2D eigenvalue weighted by Crippen LogP contribution is -2.63. The number of primary amides is 1. The number of amides is 11. The first-order chi connectivity index (χ1) is 40.4. The molecule has 0 aromatic heterocycles. The molecule has 1 spiro atoms. The first-order valence-corrected chi connectivity index (χ1v) is 29.6. The fraction of sp³-hybridized carbons (Fsp3) is 0.690. The van der Waals surface area contributed by atoms with Crippen LogP contribution in [0, 0.1) is 29.6 Å². The number of aliphatic hydroxyl groups is 1. The van der Waals surface area contributed by atoms with Crippen LogP contribution < -0.4 is 64.2 Å². The Labute approximate surface area is 501 Å². The number of ether oxygens (including phenoxy) is 1. The second-order valence-electron chi connectivity index (χ2n) is 22.9. The Morgan fingerprint density at radius 1 is 0.674 bits per heavy atom. The molecule has 11 amide bonds. The molecule has 0 unspecified atom stereocenters. The van der Waals surface area contributed by atoms with Gasteiger partial charge in [0.15, 0.2) is 0 Å². The number of hydrogen-bond donors (Lipinski definition) is 13. The fourth-order valence-corrected chi connectivity index (χ4v) is 9.64. The fourth-order valence-electron chi connectivity index (χ4n) is 9.64. The van der Waals surface area contributed by atoms with Gasteiger partial charge in [0.2, 0.25) is 71.4 Å². The van der Waals surface area contributed by atoms with Crippen molar-refractivity contribution >= 4 is 70.9 Å². The third kappa shape index (κ3) is 20.7. The number of alkyl halides is 2. The van der Waals surface area contributed by atoms with E-state index in [0.717, 1.165) is 5.56 Å². The van der Waals surface area contributed by atoms with Gasteiger partial charge in [-0.15, -0.1) is 0 Å². The smallest absolute Gasteiger partial charge is 0.329 e. The molecule has 14 N–H and O–H groups in total. The molecule has 1 heterocycles. The zero-order chi connectivity index (χ0) is 64.9. The lowest BCUT2D eigenvalue weighted by atomic mass is 9.94. The maximum Gasteiger partial charge on any atom is 0.329 e. The van der Waals surface area contributed by atoms with Crippen LogP contribution in [-0.4, -0.2) is 168 Å². The highest BCUT2D eigenvalue weighted by Crippen LogP contribution is 2.47. The highest BCUT2D eigenvalue weighted by Gasteiger charge is 2.62. The minimum Gasteiger partial charge on any atom is -0.458 e. The number of benzene rings is 1. The van der Waals surface area contributed by atoms with E-state index >= 15 is 0 Å². The van der Waals surface area contributed by atoms with E-state index in [2.05, 4.69) is 58.5 Å². The van der Waals surface area contributed by atoms with Gasteiger partial charge in [-0.3, -0.25) is 52.7 Å². The average Bonchev–Trinajstić information content (AvgIpc) is 1.64. The lowest BCUT2D eigenvalue weighted by molar-refractivity contribution is -0.157. The third-order valence-corrected chi connectivity index (χ3v) is 16.4. The second-order valence-corrected chi connectivity index (χ2v) is 22.9. The van der Waals surface area contributed by atoms with E-state index in [1.165, 1.54) is 20.8 Å². The van der Waals surface area contributed by atoms with Gasteiger partial charge >= 0.3 is 5.97 Å². The summed E-state index contributed by atoms with van der Waals surface area (Å²) in [6.45, 7) is 16.2. The van der Waals surface area contributed by atoms with Gasteiger partial charge < -0.3 is 74.1 Å². The number of esters is 1. The molecule has 1 aromatic rings. The summed E-state index contributed by atoms with van der Waals surface area (Å²) in [5, 5.41) is 38.8. The Bertz CT molecular complexity index is 2550. The number of nitrogens with one attached hydrogen (secondary N) is 11. The molecule has 0 radical (unpaired) electrons. The first-order valence-electron chi connectivity index (χ1n) is 29.6. The highest BCUT2D eigenvalue weighted by atomic mass is 19.3. The van der Waals surface area contributed by atoms with Crippen molar-refractivity contribution in [2.75, 3.05) is 13.7 Å². The van der Waals surface area contributed by atoms with E-state index in [1.54, 1.807) is 55.5 Å². The van der Waals surface area contributed by atoms with Crippen molar-refractivity contribution in [1.82, 2.24) is 58.5 Å². The predicted octanol–water partition coefficient (Wildman–Crippen LogP) is -0.862.